The molecule has 0 fully saturated rings. The van der Waals surface area contributed by atoms with E-state index in [2.05, 4.69) is 29.5 Å². The maximum Gasteiger partial charge on any atom is 0.257 e. The average Bonchev–Trinajstić information content (AvgIpc) is 3.40. The lowest BCUT2D eigenvalue weighted by Gasteiger charge is -2.14. The van der Waals surface area contributed by atoms with Crippen molar-refractivity contribution in [3.05, 3.63) is 102 Å². The summed E-state index contributed by atoms with van der Waals surface area (Å²) in [6, 6.07) is 24.0. The highest BCUT2D eigenvalue weighted by Crippen LogP contribution is 2.23. The second kappa shape index (κ2) is 8.19. The first-order valence-electron chi connectivity index (χ1n) is 9.76. The molecule has 0 bridgehead atoms. The Hall–Kier alpha value is -3.60. The van der Waals surface area contributed by atoms with Gasteiger partial charge in [-0.25, -0.2) is 4.68 Å². The number of nitrogens with zero attached hydrogens (tertiary/aromatic N) is 3. The van der Waals surface area contributed by atoms with Crippen LogP contribution >= 0.6 is 0 Å². The highest BCUT2D eigenvalue weighted by Gasteiger charge is 2.23. The molecule has 146 valence electrons. The molecule has 29 heavy (non-hydrogen) atoms. The van der Waals surface area contributed by atoms with Crippen LogP contribution in [0.15, 0.2) is 85.2 Å². The Bertz CT molecular complexity index is 1080. The summed E-state index contributed by atoms with van der Waals surface area (Å²) >= 11 is 0. The molecule has 1 atom stereocenters. The summed E-state index contributed by atoms with van der Waals surface area (Å²) in [6.07, 6.45) is 3.86. The largest absolute Gasteiger partial charge is 0.351 e. The van der Waals surface area contributed by atoms with Crippen LogP contribution in [0.5, 0.6) is 0 Å². The fourth-order valence-corrected chi connectivity index (χ4v) is 3.48. The molecule has 4 aromatic rings. The first kappa shape index (κ1) is 18.7. The van der Waals surface area contributed by atoms with Crippen molar-refractivity contribution in [1.82, 2.24) is 19.7 Å². The zero-order valence-electron chi connectivity index (χ0n) is 16.6. The third-order valence-electron chi connectivity index (χ3n) is 5.05. The van der Waals surface area contributed by atoms with Crippen LogP contribution in [-0.2, 0) is 0 Å². The number of nitrogens with one attached hydrogen (secondary N) is 1. The van der Waals surface area contributed by atoms with Gasteiger partial charge in [0, 0.05) is 18.9 Å². The number of amides is 1. The molecule has 0 saturated heterocycles. The Morgan fingerprint density at radius 3 is 2.24 bits per heavy atom. The minimum Gasteiger partial charge on any atom is -0.351 e. The molecule has 1 unspecified atom stereocenters. The van der Waals surface area contributed by atoms with Gasteiger partial charge in [0.25, 0.3) is 5.91 Å². The summed E-state index contributed by atoms with van der Waals surface area (Å²) in [7, 11) is 0. The van der Waals surface area contributed by atoms with Gasteiger partial charge >= 0.3 is 0 Å². The van der Waals surface area contributed by atoms with Gasteiger partial charge in [0.2, 0.25) is 0 Å². The average molecular weight is 384 g/mol. The van der Waals surface area contributed by atoms with Crippen molar-refractivity contribution in [2.45, 2.75) is 19.8 Å². The fraction of sp³-hybridized carbons (Fsp3) is 0.167. The second-order valence-electron chi connectivity index (χ2n) is 7.14. The molecule has 2 heterocycles. The lowest BCUT2D eigenvalue weighted by atomic mass is 10.0. The lowest BCUT2D eigenvalue weighted by molar-refractivity contribution is 0.0951. The standard InChI is InChI=1S/C24H24N4O/c1-18(20-11-5-3-6-12-20)17-25-23(29)22-19(2)26-28(21-13-7-4-8-14-21)24(22)27-15-9-10-16-27/h3-16,18H,17H2,1-2H3,(H,25,29). The third-order valence-corrected chi connectivity index (χ3v) is 5.05. The van der Waals surface area contributed by atoms with Crippen LogP contribution in [0.3, 0.4) is 0 Å². The van der Waals surface area contributed by atoms with E-state index < -0.39 is 0 Å². The summed E-state index contributed by atoms with van der Waals surface area (Å²) in [6.45, 7) is 4.55. The molecule has 0 aliphatic carbocycles. The molecule has 0 aliphatic heterocycles. The van der Waals surface area contributed by atoms with Crippen molar-refractivity contribution in [2.24, 2.45) is 0 Å². The van der Waals surface area contributed by atoms with E-state index >= 15 is 0 Å². The van der Waals surface area contributed by atoms with Crippen LogP contribution in [0.4, 0.5) is 0 Å². The molecule has 2 aromatic heterocycles. The number of rotatable bonds is 6. The minimum absolute atomic E-state index is 0.115. The number of aryl methyl sites for hydroxylation is 1. The van der Waals surface area contributed by atoms with E-state index in [1.54, 1.807) is 0 Å². The number of benzene rings is 2. The van der Waals surface area contributed by atoms with Crippen LogP contribution in [0, 0.1) is 6.92 Å². The lowest BCUT2D eigenvalue weighted by Crippen LogP contribution is -2.28. The van der Waals surface area contributed by atoms with Crippen LogP contribution < -0.4 is 5.32 Å². The molecule has 5 heteroatoms. The highest BCUT2D eigenvalue weighted by molar-refractivity contribution is 5.98. The van der Waals surface area contributed by atoms with Crippen molar-refractivity contribution < 1.29 is 4.79 Å². The Labute approximate surface area is 170 Å². The smallest absolute Gasteiger partial charge is 0.257 e. The summed E-state index contributed by atoms with van der Waals surface area (Å²) in [5.41, 5.74) is 3.40. The summed E-state index contributed by atoms with van der Waals surface area (Å²) in [5.74, 6) is 0.847. The van der Waals surface area contributed by atoms with Crippen LogP contribution in [0.25, 0.3) is 11.5 Å². The number of aromatic nitrogens is 3. The predicted molar refractivity (Wildman–Crippen MR) is 115 cm³/mol. The molecule has 5 nitrogen and oxygen atoms in total. The van der Waals surface area contributed by atoms with E-state index in [1.165, 1.54) is 5.56 Å². The van der Waals surface area contributed by atoms with Gasteiger partial charge < -0.3 is 9.88 Å². The molecule has 2 aromatic carbocycles. The molecular weight excluding hydrogens is 360 g/mol. The molecule has 4 rings (SSSR count). The zero-order chi connectivity index (χ0) is 20.2. The van der Waals surface area contributed by atoms with Gasteiger partial charge in [-0.3, -0.25) is 4.79 Å². The summed E-state index contributed by atoms with van der Waals surface area (Å²) in [4.78, 5) is 13.2. The number of carbonyl (C=O) groups excluding carboxylic acids is 1. The molecule has 0 spiro atoms. The maximum absolute atomic E-state index is 13.2. The zero-order valence-corrected chi connectivity index (χ0v) is 16.6. The topological polar surface area (TPSA) is 51.9 Å². The van der Waals surface area contributed by atoms with Crippen molar-refractivity contribution in [1.29, 1.82) is 0 Å². The van der Waals surface area contributed by atoms with Crippen LogP contribution in [-0.4, -0.2) is 26.8 Å². The van der Waals surface area contributed by atoms with Gasteiger partial charge in [0.05, 0.1) is 11.4 Å². The van der Waals surface area contributed by atoms with E-state index in [9.17, 15) is 4.79 Å². The molecule has 0 radical (unpaired) electrons. The van der Waals surface area contributed by atoms with Crippen molar-refractivity contribution in [3.8, 4) is 11.5 Å². The Morgan fingerprint density at radius 1 is 0.966 bits per heavy atom. The van der Waals surface area contributed by atoms with Gasteiger partial charge in [-0.15, -0.1) is 0 Å². The van der Waals surface area contributed by atoms with E-state index in [-0.39, 0.29) is 11.8 Å². The Balaban J connectivity index is 1.66. The van der Waals surface area contributed by atoms with Crippen molar-refractivity contribution in [3.63, 3.8) is 0 Å². The number of hydrogen-bond donors (Lipinski definition) is 1. The van der Waals surface area contributed by atoms with E-state index in [0.717, 1.165) is 11.5 Å². The second-order valence-corrected chi connectivity index (χ2v) is 7.14. The van der Waals surface area contributed by atoms with Crippen LogP contribution in [0.1, 0.15) is 34.5 Å². The minimum atomic E-state index is -0.115. The predicted octanol–water partition coefficient (Wildman–Crippen LogP) is 4.50. The fourth-order valence-electron chi connectivity index (χ4n) is 3.48. The first-order chi connectivity index (χ1) is 14.1. The highest BCUT2D eigenvalue weighted by atomic mass is 16.1. The molecule has 0 saturated carbocycles. The van der Waals surface area contributed by atoms with Gasteiger partial charge in [-0.2, -0.15) is 5.10 Å². The number of carbonyl (C=O) groups is 1. The Kier molecular flexibility index (Phi) is 5.29. The van der Waals surface area contributed by atoms with Gasteiger partial charge in [0.1, 0.15) is 5.56 Å². The quantitative estimate of drug-likeness (QED) is 0.532. The van der Waals surface area contributed by atoms with Gasteiger partial charge in [-0.05, 0) is 42.7 Å². The third kappa shape index (κ3) is 3.85. The normalized spacial score (nSPS) is 11.9. The van der Waals surface area contributed by atoms with Gasteiger partial charge in [-0.1, -0.05) is 55.5 Å². The summed E-state index contributed by atoms with van der Waals surface area (Å²) < 4.78 is 3.76. The molecular formula is C24H24N4O. The Morgan fingerprint density at radius 2 is 1.59 bits per heavy atom. The van der Waals surface area contributed by atoms with Gasteiger partial charge in [0.15, 0.2) is 5.82 Å². The number of para-hydroxylation sites is 1. The maximum atomic E-state index is 13.2. The van der Waals surface area contributed by atoms with Crippen molar-refractivity contribution in [2.75, 3.05) is 6.54 Å². The molecule has 1 amide bonds. The monoisotopic (exact) mass is 384 g/mol. The van der Waals surface area contributed by atoms with E-state index in [1.807, 2.05) is 89.2 Å². The number of hydrogen-bond acceptors (Lipinski definition) is 2. The SMILES string of the molecule is Cc1nn(-c2ccccc2)c(-n2cccc2)c1C(=O)NCC(C)c1ccccc1. The summed E-state index contributed by atoms with van der Waals surface area (Å²) in [5, 5.41) is 7.78. The van der Waals surface area contributed by atoms with E-state index in [4.69, 9.17) is 0 Å². The first-order valence-corrected chi connectivity index (χ1v) is 9.76. The van der Waals surface area contributed by atoms with Crippen LogP contribution in [0.2, 0.25) is 0 Å². The molecule has 1 N–H and O–H groups in total. The van der Waals surface area contributed by atoms with E-state index in [0.29, 0.717) is 17.8 Å². The molecule has 0 aliphatic rings. The van der Waals surface area contributed by atoms with Crippen molar-refractivity contribution >= 4 is 5.91 Å².